The van der Waals surface area contributed by atoms with Crippen molar-refractivity contribution in [1.29, 1.82) is 0 Å². The molecule has 3 aliphatic rings. The minimum atomic E-state index is -4.75. The van der Waals surface area contributed by atoms with Crippen LogP contribution in [-0.2, 0) is 42.9 Å². The van der Waals surface area contributed by atoms with E-state index in [9.17, 15) is 22.8 Å². The lowest BCUT2D eigenvalue weighted by molar-refractivity contribution is -0.604. The molecule has 3 unspecified atom stereocenters. The number of nitrogens with zero attached hydrogens (tertiary/aromatic N) is 4. The Balaban J connectivity index is 1.45. The highest BCUT2D eigenvalue weighted by molar-refractivity contribution is 7.86. The Morgan fingerprint density at radius 3 is 2.47 bits per heavy atom. The molecule has 12 heteroatoms. The second-order valence-electron chi connectivity index (χ2n) is 10.1. The van der Waals surface area contributed by atoms with Gasteiger partial charge in [-0.1, -0.05) is 6.07 Å². The fourth-order valence-corrected chi connectivity index (χ4v) is 7.37. The van der Waals surface area contributed by atoms with Gasteiger partial charge < -0.3 is 10.1 Å². The van der Waals surface area contributed by atoms with Crippen LogP contribution >= 0.6 is 0 Å². The van der Waals surface area contributed by atoms with Crippen LogP contribution in [0.3, 0.4) is 0 Å². The highest BCUT2D eigenvalue weighted by Gasteiger charge is 2.42. The van der Waals surface area contributed by atoms with E-state index in [4.69, 9.17) is 0 Å². The molecule has 0 bridgehead atoms. The maximum absolute atomic E-state index is 13.7. The number of likely N-dealkylation sites (tertiary alicyclic amines) is 1. The molecule has 1 saturated heterocycles. The third-order valence-corrected chi connectivity index (χ3v) is 9.51. The molecular weight excluding hydrogens is 487 g/mol. The quantitative estimate of drug-likeness (QED) is 0.558. The van der Waals surface area contributed by atoms with Gasteiger partial charge in [0.1, 0.15) is 6.67 Å². The predicted molar refractivity (Wildman–Crippen MR) is 134 cm³/mol. The van der Waals surface area contributed by atoms with E-state index < -0.39 is 39.5 Å². The summed E-state index contributed by atoms with van der Waals surface area (Å²) in [6, 6.07) is -0.104. The Hall–Kier alpha value is -2.54. The van der Waals surface area contributed by atoms with Crippen molar-refractivity contribution in [2.75, 3.05) is 29.9 Å². The average molecular weight is 521 g/mol. The summed E-state index contributed by atoms with van der Waals surface area (Å²) < 4.78 is 41.9. The molecule has 10 nitrogen and oxygen atoms in total. The Morgan fingerprint density at radius 1 is 1.22 bits per heavy atom. The number of carbonyl (C=O) groups is 1. The van der Waals surface area contributed by atoms with Gasteiger partial charge in [0.25, 0.3) is 0 Å². The SMILES string of the molecule is CN1CCC(N(c2cnn(C)c2)S(=O)(=O)[NH+]([O-])C(=O)Nc2c3c(cc4c2CCC4)CCC3)CC1CF. The molecule has 1 aromatic carbocycles. The number of carbonyl (C=O) groups excluding carboxylic acids is 1. The van der Waals surface area contributed by atoms with Crippen molar-refractivity contribution in [3.05, 3.63) is 45.9 Å². The first-order chi connectivity index (χ1) is 17.2. The van der Waals surface area contributed by atoms with Crippen LogP contribution in [0.5, 0.6) is 0 Å². The molecule has 1 aliphatic heterocycles. The highest BCUT2D eigenvalue weighted by atomic mass is 32.2. The number of hydrogen-bond acceptors (Lipinski definition) is 6. The zero-order chi connectivity index (χ0) is 25.6. The van der Waals surface area contributed by atoms with Crippen LogP contribution in [0, 0.1) is 5.21 Å². The smallest absolute Gasteiger partial charge is 0.436 e. The molecule has 0 saturated carbocycles. The van der Waals surface area contributed by atoms with Crippen LogP contribution in [0.4, 0.5) is 20.6 Å². The van der Waals surface area contributed by atoms with Gasteiger partial charge in [-0.25, -0.2) is 13.5 Å². The Kier molecular flexibility index (Phi) is 6.79. The van der Waals surface area contributed by atoms with E-state index >= 15 is 0 Å². The highest BCUT2D eigenvalue weighted by Crippen LogP contribution is 2.38. The molecule has 3 atom stereocenters. The molecule has 2 aromatic rings. The van der Waals surface area contributed by atoms with E-state index in [1.54, 1.807) is 14.1 Å². The number of amides is 2. The summed E-state index contributed by atoms with van der Waals surface area (Å²) in [7, 11) is -1.32. The summed E-state index contributed by atoms with van der Waals surface area (Å²) in [5.74, 6) is 0. The van der Waals surface area contributed by atoms with Gasteiger partial charge >= 0.3 is 16.2 Å². The monoisotopic (exact) mass is 520 g/mol. The van der Waals surface area contributed by atoms with Gasteiger partial charge in [-0.15, -0.1) is 0 Å². The van der Waals surface area contributed by atoms with E-state index in [1.807, 2.05) is 4.90 Å². The molecule has 5 rings (SSSR count). The van der Waals surface area contributed by atoms with Crippen molar-refractivity contribution in [3.63, 3.8) is 0 Å². The van der Waals surface area contributed by atoms with Gasteiger partial charge in [0, 0.05) is 25.8 Å². The average Bonchev–Trinajstić information content (AvgIpc) is 3.60. The number of fused-ring (bicyclic) bond motifs is 2. The molecule has 196 valence electrons. The van der Waals surface area contributed by atoms with Crippen molar-refractivity contribution in [1.82, 2.24) is 14.7 Å². The molecule has 36 heavy (non-hydrogen) atoms. The Morgan fingerprint density at radius 2 is 1.89 bits per heavy atom. The number of aromatic nitrogens is 2. The molecular formula is C24H33FN6O4S. The number of alkyl halides is 1. The number of quaternary nitrogens is 1. The zero-order valence-electron chi connectivity index (χ0n) is 20.7. The number of nitrogens with one attached hydrogen (secondary N) is 2. The zero-order valence-corrected chi connectivity index (χ0v) is 21.5. The number of piperidine rings is 1. The normalized spacial score (nSPS) is 22.8. The minimum Gasteiger partial charge on any atom is -0.608 e. The lowest BCUT2D eigenvalue weighted by Crippen LogP contribution is -3.14. The number of rotatable bonds is 6. The summed E-state index contributed by atoms with van der Waals surface area (Å²) in [6.07, 6.45) is 8.79. The van der Waals surface area contributed by atoms with Crippen molar-refractivity contribution in [2.45, 2.75) is 63.5 Å². The van der Waals surface area contributed by atoms with E-state index in [1.165, 1.54) is 28.2 Å². The maximum atomic E-state index is 13.7. The fourth-order valence-electron chi connectivity index (χ4n) is 5.95. The molecule has 0 spiro atoms. The number of hydrogen-bond donors (Lipinski definition) is 2. The van der Waals surface area contributed by atoms with Gasteiger partial charge in [0.2, 0.25) is 0 Å². The molecule has 1 fully saturated rings. The molecule has 0 radical (unpaired) electrons. The number of anilines is 2. The Bertz CT molecular complexity index is 1230. The summed E-state index contributed by atoms with van der Waals surface area (Å²) in [5.41, 5.74) is 5.17. The predicted octanol–water partition coefficient (Wildman–Crippen LogP) is 1.50. The second kappa shape index (κ2) is 9.73. The van der Waals surface area contributed by atoms with Gasteiger partial charge in [0.15, 0.2) is 0 Å². The van der Waals surface area contributed by atoms with Gasteiger partial charge in [-0.3, -0.25) is 10.00 Å². The third kappa shape index (κ3) is 4.40. The lowest BCUT2D eigenvalue weighted by Gasteiger charge is -2.41. The number of aryl methyl sites for hydroxylation is 3. The largest absolute Gasteiger partial charge is 0.608 e. The first-order valence-corrected chi connectivity index (χ1v) is 14.0. The Labute approximate surface area is 210 Å². The van der Waals surface area contributed by atoms with E-state index in [0.717, 1.165) is 54.0 Å². The summed E-state index contributed by atoms with van der Waals surface area (Å²) in [4.78, 5) is 15.0. The van der Waals surface area contributed by atoms with Gasteiger partial charge in [0.05, 0.1) is 23.6 Å². The van der Waals surface area contributed by atoms with Crippen LogP contribution in [0.1, 0.15) is 47.9 Å². The van der Waals surface area contributed by atoms with Crippen LogP contribution < -0.4 is 14.1 Å². The van der Waals surface area contributed by atoms with Crippen LogP contribution in [0.15, 0.2) is 18.5 Å². The van der Waals surface area contributed by atoms with Gasteiger partial charge in [-0.05, 0) is 80.7 Å². The number of halogens is 1. The fraction of sp³-hybridized carbons (Fsp3) is 0.583. The second-order valence-corrected chi connectivity index (χ2v) is 11.8. The van der Waals surface area contributed by atoms with E-state index in [-0.39, 0.29) is 12.1 Å². The summed E-state index contributed by atoms with van der Waals surface area (Å²) in [5, 5.41) is 20.1. The standard InChI is InChI=1S/C24H33FN6O4S/c1-28-10-9-18(12-19(28)13-25)30(20-14-26-29(2)15-20)36(34,35)31(33)24(32)27-23-21-7-3-5-16(21)11-17-6-4-8-22(17)23/h11,14-15,18-19,31H,3-10,12-13H2,1-2H3,(H,27,32). The van der Waals surface area contributed by atoms with Crippen LogP contribution in [-0.4, -0.2) is 61.5 Å². The third-order valence-electron chi connectivity index (χ3n) is 7.83. The molecule has 2 heterocycles. The van der Waals surface area contributed by atoms with E-state index in [0.29, 0.717) is 18.7 Å². The molecule has 2 amide bonds. The van der Waals surface area contributed by atoms with E-state index in [2.05, 4.69) is 16.5 Å². The maximum Gasteiger partial charge on any atom is 0.436 e. The van der Waals surface area contributed by atoms with Crippen molar-refractivity contribution < 1.29 is 22.1 Å². The van der Waals surface area contributed by atoms with Gasteiger partial charge in [-0.2, -0.15) is 18.0 Å². The lowest BCUT2D eigenvalue weighted by atomic mass is 9.98. The number of benzene rings is 1. The van der Waals surface area contributed by atoms with Crippen LogP contribution in [0.2, 0.25) is 0 Å². The number of urea groups is 1. The topological polar surface area (TPSA) is 115 Å². The van der Waals surface area contributed by atoms with Crippen molar-refractivity contribution in [3.8, 4) is 0 Å². The first kappa shape index (κ1) is 25.1. The summed E-state index contributed by atoms with van der Waals surface area (Å²) in [6.45, 7) is -0.166. The molecule has 2 aliphatic carbocycles. The minimum absolute atomic E-state index is 0.187. The van der Waals surface area contributed by atoms with Crippen molar-refractivity contribution >= 4 is 27.6 Å². The number of hydroxylamine groups is 1. The molecule has 2 N–H and O–H groups in total. The first-order valence-electron chi connectivity index (χ1n) is 12.5. The molecule has 1 aromatic heterocycles. The summed E-state index contributed by atoms with van der Waals surface area (Å²) >= 11 is 0. The van der Waals surface area contributed by atoms with Crippen LogP contribution in [0.25, 0.3) is 0 Å². The van der Waals surface area contributed by atoms with Crippen molar-refractivity contribution in [2.24, 2.45) is 7.05 Å².